The maximum atomic E-state index is 5.77. The summed E-state index contributed by atoms with van der Waals surface area (Å²) in [5, 5.41) is 3.66. The van der Waals surface area contributed by atoms with E-state index in [-0.39, 0.29) is 0 Å². The summed E-state index contributed by atoms with van der Waals surface area (Å²) in [6.07, 6.45) is 5.30. The van der Waals surface area contributed by atoms with Gasteiger partial charge in [-0.15, -0.1) is 0 Å². The van der Waals surface area contributed by atoms with E-state index in [4.69, 9.17) is 5.73 Å². The lowest BCUT2D eigenvalue weighted by atomic mass is 10.0. The van der Waals surface area contributed by atoms with Gasteiger partial charge in [0.25, 0.3) is 0 Å². The van der Waals surface area contributed by atoms with E-state index in [9.17, 15) is 0 Å². The van der Waals surface area contributed by atoms with E-state index < -0.39 is 0 Å². The third kappa shape index (κ3) is 2.77. The standard InChI is InChI=1S/C13H19BrN2/c1-13(6-2-3-7-13)16-9-10-4-5-12(15)11(14)8-10/h4-5,8,16H,2-3,6-7,9,15H2,1H3. The van der Waals surface area contributed by atoms with Gasteiger partial charge >= 0.3 is 0 Å². The predicted molar refractivity (Wildman–Crippen MR) is 72.3 cm³/mol. The van der Waals surface area contributed by atoms with Crippen molar-refractivity contribution in [1.29, 1.82) is 0 Å². The Bertz CT molecular complexity index is 370. The zero-order valence-electron chi connectivity index (χ0n) is 9.72. The largest absolute Gasteiger partial charge is 0.398 e. The first kappa shape index (κ1) is 11.9. The molecular formula is C13H19BrN2. The Kier molecular flexibility index (Phi) is 3.55. The minimum absolute atomic E-state index is 0.341. The molecule has 0 saturated heterocycles. The molecule has 1 aliphatic rings. The van der Waals surface area contributed by atoms with Gasteiger partial charge in [0.05, 0.1) is 0 Å². The number of rotatable bonds is 3. The van der Waals surface area contributed by atoms with Crippen molar-refractivity contribution in [2.45, 2.75) is 44.7 Å². The molecule has 0 unspecified atom stereocenters. The smallest absolute Gasteiger partial charge is 0.0458 e. The molecule has 1 aliphatic carbocycles. The average Bonchev–Trinajstić information content (AvgIpc) is 2.68. The van der Waals surface area contributed by atoms with Crippen LogP contribution in [0.3, 0.4) is 0 Å². The van der Waals surface area contributed by atoms with Gasteiger partial charge < -0.3 is 11.1 Å². The third-order valence-corrected chi connectivity index (χ3v) is 4.18. The van der Waals surface area contributed by atoms with Crippen molar-refractivity contribution in [3.63, 3.8) is 0 Å². The van der Waals surface area contributed by atoms with E-state index in [2.05, 4.69) is 40.3 Å². The molecule has 1 saturated carbocycles. The van der Waals surface area contributed by atoms with Crippen LogP contribution in [0.2, 0.25) is 0 Å². The SMILES string of the molecule is CC1(NCc2ccc(N)c(Br)c2)CCCC1. The lowest BCUT2D eigenvalue weighted by molar-refractivity contribution is 0.363. The maximum absolute atomic E-state index is 5.77. The van der Waals surface area contributed by atoms with Crippen LogP contribution in [-0.4, -0.2) is 5.54 Å². The molecule has 0 spiro atoms. The van der Waals surface area contributed by atoms with Gasteiger partial charge in [-0.3, -0.25) is 0 Å². The third-order valence-electron chi connectivity index (χ3n) is 3.49. The van der Waals surface area contributed by atoms with E-state index in [1.165, 1.54) is 31.2 Å². The number of hydrogen-bond donors (Lipinski definition) is 2. The first-order valence-corrected chi connectivity index (χ1v) is 6.67. The molecule has 88 valence electrons. The van der Waals surface area contributed by atoms with Crippen LogP contribution in [0.15, 0.2) is 22.7 Å². The normalized spacial score (nSPS) is 18.9. The van der Waals surface area contributed by atoms with Crippen molar-refractivity contribution >= 4 is 21.6 Å². The second-order valence-electron chi connectivity index (χ2n) is 4.98. The van der Waals surface area contributed by atoms with Crippen molar-refractivity contribution in [2.24, 2.45) is 0 Å². The van der Waals surface area contributed by atoms with Gasteiger partial charge in [-0.05, 0) is 53.4 Å². The lowest BCUT2D eigenvalue weighted by Gasteiger charge is -2.25. The zero-order valence-corrected chi connectivity index (χ0v) is 11.3. The predicted octanol–water partition coefficient (Wildman–Crippen LogP) is 3.45. The minimum Gasteiger partial charge on any atom is -0.398 e. The van der Waals surface area contributed by atoms with Crippen LogP contribution in [0.1, 0.15) is 38.2 Å². The van der Waals surface area contributed by atoms with Crippen molar-refractivity contribution in [3.05, 3.63) is 28.2 Å². The summed E-state index contributed by atoms with van der Waals surface area (Å²) in [6.45, 7) is 3.25. The average molecular weight is 283 g/mol. The van der Waals surface area contributed by atoms with Crippen molar-refractivity contribution in [1.82, 2.24) is 5.32 Å². The summed E-state index contributed by atoms with van der Waals surface area (Å²) in [4.78, 5) is 0. The molecule has 1 aromatic rings. The van der Waals surface area contributed by atoms with Gasteiger partial charge in [-0.2, -0.15) is 0 Å². The molecule has 0 atom stereocenters. The molecular weight excluding hydrogens is 264 g/mol. The van der Waals surface area contributed by atoms with E-state index in [0.29, 0.717) is 5.54 Å². The van der Waals surface area contributed by atoms with Crippen LogP contribution in [0.25, 0.3) is 0 Å². The highest BCUT2D eigenvalue weighted by Gasteiger charge is 2.27. The highest BCUT2D eigenvalue weighted by atomic mass is 79.9. The molecule has 16 heavy (non-hydrogen) atoms. The van der Waals surface area contributed by atoms with Crippen molar-refractivity contribution in [2.75, 3.05) is 5.73 Å². The van der Waals surface area contributed by atoms with Crippen LogP contribution in [-0.2, 0) is 6.54 Å². The van der Waals surface area contributed by atoms with E-state index >= 15 is 0 Å². The molecule has 0 heterocycles. The summed E-state index contributed by atoms with van der Waals surface area (Å²) in [5.41, 5.74) is 8.19. The molecule has 1 aromatic carbocycles. The molecule has 3 N–H and O–H groups in total. The first-order valence-electron chi connectivity index (χ1n) is 5.88. The second kappa shape index (κ2) is 4.76. The number of nitrogen functional groups attached to an aromatic ring is 1. The summed E-state index contributed by atoms with van der Waals surface area (Å²) < 4.78 is 0.989. The van der Waals surface area contributed by atoms with E-state index in [1.54, 1.807) is 0 Å². The van der Waals surface area contributed by atoms with Gasteiger partial charge in [0.1, 0.15) is 0 Å². The summed E-state index contributed by atoms with van der Waals surface area (Å²) in [5.74, 6) is 0. The highest BCUT2D eigenvalue weighted by Crippen LogP contribution is 2.29. The van der Waals surface area contributed by atoms with Crippen LogP contribution >= 0.6 is 15.9 Å². The summed E-state index contributed by atoms with van der Waals surface area (Å²) >= 11 is 3.46. The molecule has 1 fully saturated rings. The van der Waals surface area contributed by atoms with Crippen LogP contribution < -0.4 is 11.1 Å². The summed E-state index contributed by atoms with van der Waals surface area (Å²) in [7, 11) is 0. The number of hydrogen-bond acceptors (Lipinski definition) is 2. The van der Waals surface area contributed by atoms with Gasteiger partial charge in [-0.1, -0.05) is 18.9 Å². The van der Waals surface area contributed by atoms with Gasteiger partial charge in [0.2, 0.25) is 0 Å². The lowest BCUT2D eigenvalue weighted by Crippen LogP contribution is -2.38. The van der Waals surface area contributed by atoms with Crippen LogP contribution in [0.5, 0.6) is 0 Å². The number of anilines is 1. The number of halogens is 1. The topological polar surface area (TPSA) is 38.0 Å². The van der Waals surface area contributed by atoms with Crippen LogP contribution in [0, 0.1) is 0 Å². The highest BCUT2D eigenvalue weighted by molar-refractivity contribution is 9.10. The zero-order chi connectivity index (χ0) is 11.6. The second-order valence-corrected chi connectivity index (χ2v) is 5.83. The molecule has 0 aromatic heterocycles. The Hall–Kier alpha value is -0.540. The number of nitrogens with one attached hydrogen (secondary N) is 1. The fraction of sp³-hybridized carbons (Fsp3) is 0.538. The summed E-state index contributed by atoms with van der Waals surface area (Å²) in [6, 6.07) is 6.14. The van der Waals surface area contributed by atoms with Gasteiger partial charge in [0.15, 0.2) is 0 Å². The minimum atomic E-state index is 0.341. The van der Waals surface area contributed by atoms with Crippen molar-refractivity contribution < 1.29 is 0 Å². The van der Waals surface area contributed by atoms with Gasteiger partial charge in [-0.25, -0.2) is 0 Å². The Morgan fingerprint density at radius 3 is 2.69 bits per heavy atom. The maximum Gasteiger partial charge on any atom is 0.0458 e. The van der Waals surface area contributed by atoms with Crippen molar-refractivity contribution in [3.8, 4) is 0 Å². The molecule has 0 bridgehead atoms. The molecule has 3 heteroatoms. The molecule has 0 amide bonds. The quantitative estimate of drug-likeness (QED) is 0.834. The Balaban J connectivity index is 1.96. The van der Waals surface area contributed by atoms with E-state index in [1.807, 2.05) is 6.07 Å². The first-order chi connectivity index (χ1) is 7.59. The van der Waals surface area contributed by atoms with Gasteiger partial charge in [0, 0.05) is 22.2 Å². The molecule has 2 nitrogen and oxygen atoms in total. The molecule has 2 rings (SSSR count). The monoisotopic (exact) mass is 282 g/mol. The fourth-order valence-corrected chi connectivity index (χ4v) is 2.75. The Morgan fingerprint density at radius 2 is 2.06 bits per heavy atom. The van der Waals surface area contributed by atoms with E-state index in [0.717, 1.165) is 16.7 Å². The number of nitrogens with two attached hydrogens (primary N) is 1. The fourth-order valence-electron chi connectivity index (χ4n) is 2.33. The van der Waals surface area contributed by atoms with Crippen LogP contribution in [0.4, 0.5) is 5.69 Å². The number of benzene rings is 1. The Labute approximate surface area is 106 Å². The Morgan fingerprint density at radius 1 is 1.38 bits per heavy atom. The molecule has 0 aliphatic heterocycles. The molecule has 0 radical (unpaired) electrons.